The van der Waals surface area contributed by atoms with Crippen molar-refractivity contribution in [3.63, 3.8) is 0 Å². The Morgan fingerprint density at radius 2 is 1.85 bits per heavy atom. The molecular weight excluding hydrogens is 332 g/mol. The van der Waals surface area contributed by atoms with Gasteiger partial charge in [-0.3, -0.25) is 14.6 Å². The minimum Gasteiger partial charge on any atom is -0.450 e. The van der Waals surface area contributed by atoms with E-state index in [0.29, 0.717) is 19.1 Å². The zero-order valence-corrected chi connectivity index (χ0v) is 16.6. The van der Waals surface area contributed by atoms with Crippen molar-refractivity contribution in [3.8, 4) is 0 Å². The number of hydrogen-bond acceptors (Lipinski definition) is 5. The highest BCUT2D eigenvalue weighted by molar-refractivity contribution is 5.76. The van der Waals surface area contributed by atoms with Crippen molar-refractivity contribution < 1.29 is 14.3 Å². The van der Waals surface area contributed by atoms with Gasteiger partial charge in [0.05, 0.1) is 6.61 Å². The number of amides is 2. The molecule has 0 aromatic heterocycles. The molecule has 0 N–H and O–H groups in total. The fraction of sp³-hybridized carbons (Fsp3) is 0.895. The van der Waals surface area contributed by atoms with E-state index in [4.69, 9.17) is 4.74 Å². The predicted molar refractivity (Wildman–Crippen MR) is 100 cm³/mol. The van der Waals surface area contributed by atoms with E-state index in [9.17, 15) is 9.59 Å². The summed E-state index contributed by atoms with van der Waals surface area (Å²) in [4.78, 5) is 32.9. The van der Waals surface area contributed by atoms with Crippen LogP contribution < -0.4 is 0 Å². The summed E-state index contributed by atoms with van der Waals surface area (Å²) in [5.74, 6) is 0.273. The second-order valence-corrected chi connectivity index (χ2v) is 8.10. The van der Waals surface area contributed by atoms with Gasteiger partial charge in [-0.1, -0.05) is 0 Å². The Labute approximate surface area is 157 Å². The molecule has 0 bridgehead atoms. The Balaban J connectivity index is 1.60. The SMILES string of the molecule is CCOC(=O)N1CCC(N2CCN(C)[C@@]3(CCC(=O)N(C)CC3)C2)CC1. The van der Waals surface area contributed by atoms with Crippen LogP contribution in [0.2, 0.25) is 0 Å². The Morgan fingerprint density at radius 3 is 2.54 bits per heavy atom. The van der Waals surface area contributed by atoms with Gasteiger partial charge in [-0.25, -0.2) is 4.79 Å². The van der Waals surface area contributed by atoms with Crippen LogP contribution in [-0.2, 0) is 9.53 Å². The molecule has 7 heteroatoms. The van der Waals surface area contributed by atoms with Gasteiger partial charge in [-0.2, -0.15) is 0 Å². The standard InChI is InChI=1S/C19H34N4O3/c1-4-26-18(25)22-10-6-16(7-11-22)23-14-13-21(3)19(15-23)8-5-17(24)20(2)12-9-19/h16H,4-15H2,1-3H3/t19-/m1/s1. The molecule has 0 unspecified atom stereocenters. The molecule has 1 atom stereocenters. The number of likely N-dealkylation sites (tertiary alicyclic amines) is 2. The monoisotopic (exact) mass is 366 g/mol. The third-order valence-corrected chi connectivity index (χ3v) is 6.68. The molecule has 2 amide bonds. The summed E-state index contributed by atoms with van der Waals surface area (Å²) < 4.78 is 5.13. The fourth-order valence-corrected chi connectivity index (χ4v) is 4.73. The highest BCUT2D eigenvalue weighted by atomic mass is 16.6. The first-order chi connectivity index (χ1) is 12.4. The number of rotatable bonds is 2. The Hall–Kier alpha value is -1.34. The number of piperazine rings is 1. The molecule has 3 aliphatic heterocycles. The van der Waals surface area contributed by atoms with Gasteiger partial charge in [0.25, 0.3) is 0 Å². The van der Waals surface area contributed by atoms with E-state index >= 15 is 0 Å². The minimum absolute atomic E-state index is 0.108. The molecular formula is C19H34N4O3. The lowest BCUT2D eigenvalue weighted by Crippen LogP contribution is -2.63. The maximum Gasteiger partial charge on any atom is 0.409 e. The summed E-state index contributed by atoms with van der Waals surface area (Å²) in [6.07, 6.45) is 4.49. The maximum atomic E-state index is 12.1. The average Bonchev–Trinajstić information content (AvgIpc) is 2.79. The van der Waals surface area contributed by atoms with Crippen molar-refractivity contribution >= 4 is 12.0 Å². The third kappa shape index (κ3) is 3.98. The predicted octanol–water partition coefficient (Wildman–Crippen LogP) is 1.24. The molecule has 3 aliphatic rings. The normalized spacial score (nSPS) is 29.9. The number of carbonyl (C=O) groups excluding carboxylic acids is 2. The summed E-state index contributed by atoms with van der Waals surface area (Å²) in [5, 5.41) is 0. The highest BCUT2D eigenvalue weighted by Gasteiger charge is 2.43. The van der Waals surface area contributed by atoms with E-state index in [1.54, 1.807) is 0 Å². The molecule has 0 saturated carbocycles. The summed E-state index contributed by atoms with van der Waals surface area (Å²) in [5.41, 5.74) is 0.108. The smallest absolute Gasteiger partial charge is 0.409 e. The van der Waals surface area contributed by atoms with Crippen LogP contribution in [0.15, 0.2) is 0 Å². The van der Waals surface area contributed by atoms with Gasteiger partial charge in [0.1, 0.15) is 0 Å². The summed E-state index contributed by atoms with van der Waals surface area (Å²) in [6, 6.07) is 0.530. The second-order valence-electron chi connectivity index (χ2n) is 8.10. The lowest BCUT2D eigenvalue weighted by Gasteiger charge is -2.52. The number of piperidine rings is 1. The van der Waals surface area contributed by atoms with Crippen LogP contribution >= 0.6 is 0 Å². The van der Waals surface area contributed by atoms with Crippen molar-refractivity contribution in [1.82, 2.24) is 19.6 Å². The van der Waals surface area contributed by atoms with E-state index in [0.717, 1.165) is 65.0 Å². The molecule has 0 radical (unpaired) electrons. The zero-order chi connectivity index (χ0) is 18.7. The van der Waals surface area contributed by atoms with Crippen LogP contribution in [0.1, 0.15) is 39.0 Å². The van der Waals surface area contributed by atoms with Gasteiger partial charge < -0.3 is 14.5 Å². The van der Waals surface area contributed by atoms with Crippen molar-refractivity contribution in [1.29, 1.82) is 0 Å². The zero-order valence-electron chi connectivity index (χ0n) is 16.6. The fourth-order valence-electron chi connectivity index (χ4n) is 4.73. The maximum absolute atomic E-state index is 12.1. The quantitative estimate of drug-likeness (QED) is 0.736. The molecule has 3 heterocycles. The van der Waals surface area contributed by atoms with Crippen LogP contribution in [0.5, 0.6) is 0 Å². The lowest BCUT2D eigenvalue weighted by atomic mass is 9.85. The first-order valence-corrected chi connectivity index (χ1v) is 10.1. The van der Waals surface area contributed by atoms with E-state index < -0.39 is 0 Å². The first kappa shape index (κ1) is 19.4. The highest BCUT2D eigenvalue weighted by Crippen LogP contribution is 2.33. The largest absolute Gasteiger partial charge is 0.450 e. The van der Waals surface area contributed by atoms with Crippen LogP contribution in [0.25, 0.3) is 0 Å². The number of ether oxygens (including phenoxy) is 1. The van der Waals surface area contributed by atoms with Gasteiger partial charge in [0.2, 0.25) is 5.91 Å². The molecule has 3 rings (SSSR count). The van der Waals surface area contributed by atoms with Crippen LogP contribution in [0.4, 0.5) is 4.79 Å². The van der Waals surface area contributed by atoms with E-state index in [-0.39, 0.29) is 17.5 Å². The summed E-state index contributed by atoms with van der Waals surface area (Å²) in [6.45, 7) is 7.86. The Bertz CT molecular complexity index is 521. The van der Waals surface area contributed by atoms with Crippen molar-refractivity contribution in [2.45, 2.75) is 50.6 Å². The van der Waals surface area contributed by atoms with Crippen molar-refractivity contribution in [2.75, 3.05) is 60.0 Å². The number of carbonyl (C=O) groups is 2. The molecule has 26 heavy (non-hydrogen) atoms. The van der Waals surface area contributed by atoms with Gasteiger partial charge in [-0.05, 0) is 39.7 Å². The first-order valence-electron chi connectivity index (χ1n) is 10.1. The summed E-state index contributed by atoms with van der Waals surface area (Å²) in [7, 11) is 4.14. The lowest BCUT2D eigenvalue weighted by molar-refractivity contribution is -0.129. The third-order valence-electron chi connectivity index (χ3n) is 6.68. The van der Waals surface area contributed by atoms with Gasteiger partial charge in [0.15, 0.2) is 0 Å². The van der Waals surface area contributed by atoms with Crippen LogP contribution in [0.3, 0.4) is 0 Å². The minimum atomic E-state index is -0.175. The molecule has 0 aromatic rings. The van der Waals surface area contributed by atoms with Gasteiger partial charge in [-0.15, -0.1) is 0 Å². The number of nitrogens with zero attached hydrogens (tertiary/aromatic N) is 4. The second kappa shape index (κ2) is 8.13. The molecule has 7 nitrogen and oxygen atoms in total. The topological polar surface area (TPSA) is 56.3 Å². The van der Waals surface area contributed by atoms with E-state index in [2.05, 4.69) is 16.8 Å². The van der Waals surface area contributed by atoms with E-state index in [1.807, 2.05) is 23.8 Å². The Kier molecular flexibility index (Phi) is 6.07. The molecule has 0 aromatic carbocycles. The van der Waals surface area contributed by atoms with Crippen LogP contribution in [0, 0.1) is 0 Å². The van der Waals surface area contributed by atoms with Crippen molar-refractivity contribution in [2.24, 2.45) is 0 Å². The summed E-state index contributed by atoms with van der Waals surface area (Å²) >= 11 is 0. The Morgan fingerprint density at radius 1 is 1.12 bits per heavy atom. The van der Waals surface area contributed by atoms with Gasteiger partial charge >= 0.3 is 6.09 Å². The van der Waals surface area contributed by atoms with Crippen molar-refractivity contribution in [3.05, 3.63) is 0 Å². The average molecular weight is 367 g/mol. The number of hydrogen-bond donors (Lipinski definition) is 0. The number of likely N-dealkylation sites (N-methyl/N-ethyl adjacent to an activating group) is 1. The van der Waals surface area contributed by atoms with E-state index in [1.165, 1.54) is 0 Å². The molecule has 3 fully saturated rings. The van der Waals surface area contributed by atoms with Gasteiger partial charge in [0, 0.05) is 64.3 Å². The molecule has 148 valence electrons. The molecule has 3 saturated heterocycles. The van der Waals surface area contributed by atoms with Crippen LogP contribution in [-0.4, -0.2) is 103 Å². The molecule has 0 aliphatic carbocycles. The molecule has 1 spiro atoms.